The van der Waals surface area contributed by atoms with Gasteiger partial charge in [0.25, 0.3) is 5.91 Å². The maximum absolute atomic E-state index is 12.2. The lowest BCUT2D eigenvalue weighted by Crippen LogP contribution is -2.35. The normalized spacial score (nSPS) is 10.3. The number of hydrogen-bond donors (Lipinski definition) is 1. The fourth-order valence-electron chi connectivity index (χ4n) is 1.94. The van der Waals surface area contributed by atoms with Crippen LogP contribution in [0, 0.1) is 6.92 Å². The number of halogens is 2. The summed E-state index contributed by atoms with van der Waals surface area (Å²) < 4.78 is 0. The quantitative estimate of drug-likeness (QED) is 0.917. The van der Waals surface area contributed by atoms with Gasteiger partial charge in [-0.1, -0.05) is 35.3 Å². The Labute approximate surface area is 144 Å². The smallest absolute Gasteiger partial charge is 0.272 e. The first-order valence-electron chi connectivity index (χ1n) is 6.81. The topological polar surface area (TPSA) is 62.3 Å². The van der Waals surface area contributed by atoms with Crippen molar-refractivity contribution in [1.29, 1.82) is 0 Å². The van der Waals surface area contributed by atoms with E-state index in [1.54, 1.807) is 43.3 Å². The monoisotopic (exact) mass is 351 g/mol. The number of nitrogens with one attached hydrogen (secondary N) is 1. The van der Waals surface area contributed by atoms with E-state index < -0.39 is 5.91 Å². The summed E-state index contributed by atoms with van der Waals surface area (Å²) in [5.41, 5.74) is 1.35. The van der Waals surface area contributed by atoms with E-state index in [1.165, 1.54) is 11.9 Å². The number of hydrogen-bond acceptors (Lipinski definition) is 3. The molecule has 0 bridgehead atoms. The predicted molar refractivity (Wildman–Crippen MR) is 91.0 cm³/mol. The molecule has 0 spiro atoms. The van der Waals surface area contributed by atoms with Crippen molar-refractivity contribution < 1.29 is 9.59 Å². The lowest BCUT2D eigenvalue weighted by Gasteiger charge is -2.17. The van der Waals surface area contributed by atoms with E-state index in [4.69, 9.17) is 23.2 Å². The number of carbonyl (C=O) groups excluding carboxylic acids is 2. The average Bonchev–Trinajstić information content (AvgIpc) is 2.50. The number of pyridine rings is 1. The van der Waals surface area contributed by atoms with Gasteiger partial charge in [-0.2, -0.15) is 0 Å². The highest BCUT2D eigenvalue weighted by atomic mass is 35.5. The number of rotatable bonds is 4. The van der Waals surface area contributed by atoms with Crippen LogP contribution in [0.3, 0.4) is 0 Å². The van der Waals surface area contributed by atoms with E-state index in [1.807, 2.05) is 0 Å². The van der Waals surface area contributed by atoms with E-state index in [-0.39, 0.29) is 18.1 Å². The molecule has 1 aromatic carbocycles. The third kappa shape index (κ3) is 4.43. The number of nitrogens with zero attached hydrogens (tertiary/aromatic N) is 2. The third-order valence-corrected chi connectivity index (χ3v) is 3.69. The zero-order valence-electron chi connectivity index (χ0n) is 12.6. The number of benzene rings is 1. The van der Waals surface area contributed by atoms with Crippen molar-refractivity contribution in [2.45, 2.75) is 6.92 Å². The van der Waals surface area contributed by atoms with E-state index in [9.17, 15) is 9.59 Å². The Kier molecular flexibility index (Phi) is 5.58. The van der Waals surface area contributed by atoms with Gasteiger partial charge < -0.3 is 10.2 Å². The Balaban J connectivity index is 2.04. The minimum absolute atomic E-state index is 0.143. The maximum atomic E-state index is 12.2. The molecule has 23 heavy (non-hydrogen) atoms. The largest absolute Gasteiger partial charge is 0.331 e. The van der Waals surface area contributed by atoms with Gasteiger partial charge in [-0.3, -0.25) is 9.59 Å². The van der Waals surface area contributed by atoms with Crippen LogP contribution in [0.25, 0.3) is 0 Å². The number of aromatic nitrogens is 1. The van der Waals surface area contributed by atoms with E-state index in [0.29, 0.717) is 15.7 Å². The molecule has 0 aliphatic rings. The second-order valence-corrected chi connectivity index (χ2v) is 5.78. The lowest BCUT2D eigenvalue weighted by atomic mass is 10.3. The minimum Gasteiger partial charge on any atom is -0.331 e. The van der Waals surface area contributed by atoms with E-state index in [0.717, 1.165) is 5.69 Å². The number of para-hydroxylation sites is 1. The Morgan fingerprint density at radius 1 is 1.13 bits per heavy atom. The molecule has 5 nitrogen and oxygen atoms in total. The van der Waals surface area contributed by atoms with Crippen LogP contribution in [0.1, 0.15) is 16.2 Å². The molecule has 0 radical (unpaired) electrons. The van der Waals surface area contributed by atoms with Crippen LogP contribution in [0.4, 0.5) is 5.69 Å². The summed E-state index contributed by atoms with van der Waals surface area (Å²) >= 11 is 12.0. The first kappa shape index (κ1) is 17.2. The van der Waals surface area contributed by atoms with Crippen LogP contribution in [0.2, 0.25) is 10.0 Å². The van der Waals surface area contributed by atoms with Crippen molar-refractivity contribution in [1.82, 2.24) is 9.88 Å². The Morgan fingerprint density at radius 2 is 1.74 bits per heavy atom. The van der Waals surface area contributed by atoms with Crippen LogP contribution >= 0.6 is 23.2 Å². The van der Waals surface area contributed by atoms with Gasteiger partial charge in [0, 0.05) is 12.7 Å². The van der Waals surface area contributed by atoms with Gasteiger partial charge in [-0.05, 0) is 31.2 Å². The number of carbonyl (C=O) groups is 2. The summed E-state index contributed by atoms with van der Waals surface area (Å²) in [7, 11) is 1.53. The maximum Gasteiger partial charge on any atom is 0.272 e. The van der Waals surface area contributed by atoms with E-state index >= 15 is 0 Å². The third-order valence-electron chi connectivity index (χ3n) is 3.06. The van der Waals surface area contributed by atoms with Crippen LogP contribution in [-0.4, -0.2) is 35.3 Å². The van der Waals surface area contributed by atoms with Crippen molar-refractivity contribution >= 4 is 40.7 Å². The molecule has 2 amide bonds. The standard InChI is InChI=1S/C16H15Cl2N3O2/c1-10-5-3-8-13(19-10)16(23)21(2)9-14(22)20-15-11(17)6-4-7-12(15)18/h3-8H,9H2,1-2H3,(H,20,22). The van der Waals surface area contributed by atoms with Crippen LogP contribution < -0.4 is 5.32 Å². The Morgan fingerprint density at radius 3 is 2.35 bits per heavy atom. The first-order chi connectivity index (χ1) is 10.9. The molecule has 1 heterocycles. The average molecular weight is 352 g/mol. The molecular formula is C16H15Cl2N3O2. The number of amides is 2. The summed E-state index contributed by atoms with van der Waals surface area (Å²) in [4.78, 5) is 29.8. The van der Waals surface area contributed by atoms with Crippen LogP contribution in [-0.2, 0) is 4.79 Å². The molecule has 7 heteroatoms. The molecular weight excluding hydrogens is 337 g/mol. The molecule has 0 saturated heterocycles. The first-order valence-corrected chi connectivity index (χ1v) is 7.57. The van der Waals surface area contributed by atoms with Crippen molar-refractivity contribution in [3.05, 3.63) is 57.8 Å². The summed E-state index contributed by atoms with van der Waals surface area (Å²) in [6.45, 7) is 1.65. The van der Waals surface area contributed by atoms with Crippen LogP contribution in [0.5, 0.6) is 0 Å². The molecule has 2 aromatic rings. The second kappa shape index (κ2) is 7.44. The molecule has 120 valence electrons. The lowest BCUT2D eigenvalue weighted by molar-refractivity contribution is -0.116. The minimum atomic E-state index is -0.400. The summed E-state index contributed by atoms with van der Waals surface area (Å²) in [5, 5.41) is 3.28. The summed E-state index contributed by atoms with van der Waals surface area (Å²) in [6.07, 6.45) is 0. The van der Waals surface area contributed by atoms with Gasteiger partial charge in [-0.15, -0.1) is 0 Å². The van der Waals surface area contributed by atoms with Gasteiger partial charge in [-0.25, -0.2) is 4.98 Å². The Bertz CT molecular complexity index is 730. The van der Waals surface area contributed by atoms with Gasteiger partial charge in [0.05, 0.1) is 22.3 Å². The second-order valence-electron chi connectivity index (χ2n) is 4.97. The Hall–Kier alpha value is -2.11. The molecule has 0 aliphatic heterocycles. The summed E-state index contributed by atoms with van der Waals surface area (Å²) in [5.74, 6) is -0.738. The van der Waals surface area contributed by atoms with Gasteiger partial charge in [0.2, 0.25) is 5.91 Å². The molecule has 0 aliphatic carbocycles. The molecule has 0 atom stereocenters. The van der Waals surface area contributed by atoms with E-state index in [2.05, 4.69) is 10.3 Å². The van der Waals surface area contributed by atoms with Crippen molar-refractivity contribution in [3.63, 3.8) is 0 Å². The zero-order valence-corrected chi connectivity index (χ0v) is 14.1. The van der Waals surface area contributed by atoms with Crippen LogP contribution in [0.15, 0.2) is 36.4 Å². The number of anilines is 1. The predicted octanol–water partition coefficient (Wildman–Crippen LogP) is 3.41. The zero-order chi connectivity index (χ0) is 17.0. The van der Waals surface area contributed by atoms with Gasteiger partial charge in [0.1, 0.15) is 5.69 Å². The SMILES string of the molecule is Cc1cccc(C(=O)N(C)CC(=O)Nc2c(Cl)cccc2Cl)n1. The molecule has 1 N–H and O–H groups in total. The van der Waals surface area contributed by atoms with Gasteiger partial charge >= 0.3 is 0 Å². The van der Waals surface area contributed by atoms with Crippen molar-refractivity contribution in [3.8, 4) is 0 Å². The van der Waals surface area contributed by atoms with Crippen molar-refractivity contribution in [2.75, 3.05) is 18.9 Å². The molecule has 0 saturated carbocycles. The highest BCUT2D eigenvalue weighted by Crippen LogP contribution is 2.29. The number of likely N-dealkylation sites (N-methyl/N-ethyl adjacent to an activating group) is 1. The highest BCUT2D eigenvalue weighted by Gasteiger charge is 2.17. The molecule has 1 aromatic heterocycles. The fourth-order valence-corrected chi connectivity index (χ4v) is 2.43. The molecule has 0 fully saturated rings. The highest BCUT2D eigenvalue weighted by molar-refractivity contribution is 6.39. The summed E-state index contributed by atoms with van der Waals surface area (Å²) in [6, 6.07) is 10.1. The number of aryl methyl sites for hydroxylation is 1. The van der Waals surface area contributed by atoms with Crippen molar-refractivity contribution in [2.24, 2.45) is 0 Å². The van der Waals surface area contributed by atoms with Gasteiger partial charge in [0.15, 0.2) is 0 Å². The fraction of sp³-hybridized carbons (Fsp3) is 0.188. The molecule has 0 unspecified atom stereocenters. The molecule has 2 rings (SSSR count).